The van der Waals surface area contributed by atoms with Gasteiger partial charge in [0.2, 0.25) is 0 Å². The van der Waals surface area contributed by atoms with E-state index in [1.54, 1.807) is 0 Å². The van der Waals surface area contributed by atoms with Gasteiger partial charge in [-0.2, -0.15) is 0 Å². The predicted molar refractivity (Wildman–Crippen MR) is 188 cm³/mol. The minimum atomic E-state index is 0.709. The summed E-state index contributed by atoms with van der Waals surface area (Å²) in [5, 5.41) is 7.61. The molecule has 7 aromatic carbocycles. The Balaban J connectivity index is 1.26. The fraction of sp³-hybridized carbons (Fsp3) is 0. The molecule has 0 N–H and O–H groups in total. The second-order valence-electron chi connectivity index (χ2n) is 11.4. The van der Waals surface area contributed by atoms with Crippen molar-refractivity contribution in [1.82, 2.24) is 14.5 Å². The van der Waals surface area contributed by atoms with E-state index in [0.717, 1.165) is 33.8 Å². The van der Waals surface area contributed by atoms with Crippen molar-refractivity contribution in [3.63, 3.8) is 0 Å². The Bertz CT molecular complexity index is 2450. The van der Waals surface area contributed by atoms with Crippen LogP contribution >= 0.6 is 0 Å². The first-order valence-electron chi connectivity index (χ1n) is 15.3. The Morgan fingerprint density at radius 3 is 1.49 bits per heavy atom. The summed E-state index contributed by atoms with van der Waals surface area (Å²) in [5.41, 5.74) is 8.45. The van der Waals surface area contributed by atoms with Crippen LogP contribution in [-0.2, 0) is 0 Å². The van der Waals surface area contributed by atoms with Crippen molar-refractivity contribution < 1.29 is 0 Å². The van der Waals surface area contributed by atoms with Crippen LogP contribution in [0.25, 0.3) is 82.9 Å². The molecule has 9 rings (SSSR count). The van der Waals surface area contributed by atoms with Gasteiger partial charge in [-0.15, -0.1) is 0 Å². The lowest BCUT2D eigenvalue weighted by molar-refractivity contribution is 1.17. The summed E-state index contributed by atoms with van der Waals surface area (Å²) in [4.78, 5) is 10.1. The highest BCUT2D eigenvalue weighted by atomic mass is 15.0. The molecule has 0 fully saturated rings. The quantitative estimate of drug-likeness (QED) is 0.196. The van der Waals surface area contributed by atoms with E-state index in [2.05, 4.69) is 132 Å². The van der Waals surface area contributed by atoms with Crippen molar-refractivity contribution in [2.24, 2.45) is 0 Å². The zero-order valence-electron chi connectivity index (χ0n) is 24.4. The van der Waals surface area contributed by atoms with Crippen molar-refractivity contribution in [2.45, 2.75) is 0 Å². The molecule has 9 aromatic rings. The molecule has 0 amide bonds. The zero-order chi connectivity index (χ0) is 29.7. The number of benzene rings is 7. The standard InChI is InChI=1S/C42H27N3/c1-3-13-28(14-4-1)37-27-38(29-15-5-2-6-16-29)44-42(43-37)30-23-25-31(26-24-30)45-39-22-12-11-21-36(39)40-34-19-9-7-17-32(34)33-18-8-10-20-35(33)41(40)45/h1-27H. The number of nitrogens with zero attached hydrogens (tertiary/aromatic N) is 3. The third-order valence-corrected chi connectivity index (χ3v) is 8.79. The number of hydrogen-bond donors (Lipinski definition) is 0. The summed E-state index contributed by atoms with van der Waals surface area (Å²) in [6.45, 7) is 0. The van der Waals surface area contributed by atoms with Crippen LogP contribution in [0, 0.1) is 0 Å². The molecule has 0 bridgehead atoms. The maximum atomic E-state index is 5.05. The van der Waals surface area contributed by atoms with Crippen LogP contribution in [0.1, 0.15) is 0 Å². The number of aromatic nitrogens is 3. The molecule has 2 heterocycles. The number of hydrogen-bond acceptors (Lipinski definition) is 2. The molecule has 0 spiro atoms. The molecule has 0 unspecified atom stereocenters. The Hall–Kier alpha value is -6.06. The van der Waals surface area contributed by atoms with Crippen molar-refractivity contribution >= 4 is 43.4 Å². The molecule has 0 aliphatic heterocycles. The molecule has 0 atom stereocenters. The van der Waals surface area contributed by atoms with Gasteiger partial charge in [-0.3, -0.25) is 0 Å². The highest BCUT2D eigenvalue weighted by molar-refractivity contribution is 6.32. The first kappa shape index (κ1) is 25.4. The first-order chi connectivity index (χ1) is 22.3. The van der Waals surface area contributed by atoms with Gasteiger partial charge >= 0.3 is 0 Å². The third-order valence-electron chi connectivity index (χ3n) is 8.79. The lowest BCUT2D eigenvalue weighted by atomic mass is 9.97. The van der Waals surface area contributed by atoms with E-state index in [9.17, 15) is 0 Å². The average molecular weight is 574 g/mol. The fourth-order valence-corrected chi connectivity index (χ4v) is 6.75. The molecule has 45 heavy (non-hydrogen) atoms. The lowest BCUT2D eigenvalue weighted by Crippen LogP contribution is -1.97. The van der Waals surface area contributed by atoms with Gasteiger partial charge in [0.1, 0.15) is 0 Å². The first-order valence-corrected chi connectivity index (χ1v) is 15.3. The lowest BCUT2D eigenvalue weighted by Gasteiger charge is -2.13. The monoisotopic (exact) mass is 573 g/mol. The van der Waals surface area contributed by atoms with Crippen LogP contribution in [0.2, 0.25) is 0 Å². The van der Waals surface area contributed by atoms with Gasteiger partial charge in [0.05, 0.1) is 22.4 Å². The number of fused-ring (bicyclic) bond motifs is 8. The molecule has 0 saturated carbocycles. The van der Waals surface area contributed by atoms with Gasteiger partial charge < -0.3 is 4.57 Å². The molecular formula is C42H27N3. The molecule has 3 nitrogen and oxygen atoms in total. The minimum Gasteiger partial charge on any atom is -0.309 e. The molecule has 2 aromatic heterocycles. The Labute approximate surface area is 260 Å². The van der Waals surface area contributed by atoms with Gasteiger partial charge in [0.25, 0.3) is 0 Å². The zero-order valence-corrected chi connectivity index (χ0v) is 24.4. The van der Waals surface area contributed by atoms with Crippen LogP contribution in [0.5, 0.6) is 0 Å². The third kappa shape index (κ3) is 4.13. The largest absolute Gasteiger partial charge is 0.309 e. The van der Waals surface area contributed by atoms with Crippen LogP contribution < -0.4 is 0 Å². The topological polar surface area (TPSA) is 30.7 Å². The summed E-state index contributed by atoms with van der Waals surface area (Å²) < 4.78 is 2.42. The van der Waals surface area contributed by atoms with Crippen molar-refractivity contribution in [1.29, 1.82) is 0 Å². The highest BCUT2D eigenvalue weighted by Crippen LogP contribution is 2.42. The molecular weight excluding hydrogens is 546 g/mol. The predicted octanol–water partition coefficient (Wildman–Crippen LogP) is 10.9. The molecule has 0 saturated heterocycles. The van der Waals surface area contributed by atoms with Crippen LogP contribution in [0.4, 0.5) is 0 Å². The molecule has 3 heteroatoms. The van der Waals surface area contributed by atoms with E-state index < -0.39 is 0 Å². The minimum absolute atomic E-state index is 0.709. The maximum absolute atomic E-state index is 5.05. The summed E-state index contributed by atoms with van der Waals surface area (Å²) in [5.74, 6) is 0.709. The van der Waals surface area contributed by atoms with E-state index in [1.165, 1.54) is 43.4 Å². The Kier molecular flexibility index (Phi) is 5.82. The Morgan fingerprint density at radius 2 is 0.867 bits per heavy atom. The smallest absolute Gasteiger partial charge is 0.160 e. The summed E-state index contributed by atoms with van der Waals surface area (Å²) in [7, 11) is 0. The van der Waals surface area contributed by atoms with Gasteiger partial charge in [0.15, 0.2) is 5.82 Å². The van der Waals surface area contributed by atoms with E-state index in [0.29, 0.717) is 5.82 Å². The summed E-state index contributed by atoms with van der Waals surface area (Å²) in [6.07, 6.45) is 0. The molecule has 0 aliphatic rings. The van der Waals surface area contributed by atoms with E-state index in [-0.39, 0.29) is 0 Å². The second-order valence-corrected chi connectivity index (χ2v) is 11.4. The van der Waals surface area contributed by atoms with Crippen molar-refractivity contribution in [3.8, 4) is 39.6 Å². The van der Waals surface area contributed by atoms with E-state index >= 15 is 0 Å². The summed E-state index contributed by atoms with van der Waals surface area (Å²) in [6, 6.07) is 57.7. The molecule has 0 radical (unpaired) electrons. The second kappa shape index (κ2) is 10.3. The normalized spacial score (nSPS) is 11.6. The van der Waals surface area contributed by atoms with Crippen LogP contribution in [-0.4, -0.2) is 14.5 Å². The average Bonchev–Trinajstić information content (AvgIpc) is 3.48. The van der Waals surface area contributed by atoms with Crippen LogP contribution in [0.3, 0.4) is 0 Å². The highest BCUT2D eigenvalue weighted by Gasteiger charge is 2.19. The van der Waals surface area contributed by atoms with Crippen LogP contribution in [0.15, 0.2) is 164 Å². The molecule has 210 valence electrons. The Morgan fingerprint density at radius 1 is 0.378 bits per heavy atom. The van der Waals surface area contributed by atoms with E-state index in [1.807, 2.05) is 36.4 Å². The fourth-order valence-electron chi connectivity index (χ4n) is 6.75. The number of para-hydroxylation sites is 1. The van der Waals surface area contributed by atoms with Crippen molar-refractivity contribution in [3.05, 3.63) is 164 Å². The van der Waals surface area contributed by atoms with Gasteiger partial charge in [0, 0.05) is 38.5 Å². The van der Waals surface area contributed by atoms with E-state index in [4.69, 9.17) is 9.97 Å². The van der Waals surface area contributed by atoms with Gasteiger partial charge in [-0.1, -0.05) is 127 Å². The maximum Gasteiger partial charge on any atom is 0.160 e. The number of rotatable bonds is 4. The van der Waals surface area contributed by atoms with Crippen molar-refractivity contribution in [2.75, 3.05) is 0 Å². The summed E-state index contributed by atoms with van der Waals surface area (Å²) >= 11 is 0. The van der Waals surface area contributed by atoms with Gasteiger partial charge in [-0.25, -0.2) is 9.97 Å². The molecule has 0 aliphatic carbocycles. The van der Waals surface area contributed by atoms with Gasteiger partial charge in [-0.05, 0) is 52.6 Å². The SMILES string of the molecule is c1ccc(-c2cc(-c3ccccc3)nc(-c3ccc(-n4c5ccccc5c5c6ccccc6c6ccccc6c54)cc3)n2)cc1.